The van der Waals surface area contributed by atoms with Crippen LogP contribution in [0.1, 0.15) is 18.5 Å². The zero-order valence-electron chi connectivity index (χ0n) is 10.2. The molecule has 1 aromatic heterocycles. The van der Waals surface area contributed by atoms with Crippen LogP contribution in [-0.4, -0.2) is 33.2 Å². The quantitative estimate of drug-likeness (QED) is 0.811. The van der Waals surface area contributed by atoms with Crippen LogP contribution in [0.15, 0.2) is 35.9 Å². The van der Waals surface area contributed by atoms with Crippen LogP contribution < -0.4 is 0 Å². The minimum atomic E-state index is -0.752. The third-order valence-corrected chi connectivity index (χ3v) is 2.92. The van der Waals surface area contributed by atoms with E-state index in [-0.39, 0.29) is 12.1 Å². The number of Topliss-reactive ketones (excluding diaryl/α,β-unsaturated/α-hetero) is 1. The summed E-state index contributed by atoms with van der Waals surface area (Å²) < 4.78 is 0. The number of nitrogens with zero attached hydrogens (tertiary/aromatic N) is 3. The number of hydrogen-bond donors (Lipinski definition) is 1. The summed E-state index contributed by atoms with van der Waals surface area (Å²) in [5.74, 6) is -1.70. The number of aromatic nitrogens is 1. The number of aliphatic hydroxyl groups excluding tert-OH is 1. The number of hydrogen-bond acceptors (Lipinski definition) is 5. The second-order valence-electron chi connectivity index (χ2n) is 4.10. The molecule has 2 rings (SSSR count). The molecule has 1 aliphatic rings. The van der Waals surface area contributed by atoms with E-state index in [2.05, 4.69) is 4.98 Å². The second-order valence-corrected chi connectivity index (χ2v) is 4.10. The first-order valence-electron chi connectivity index (χ1n) is 5.59. The molecule has 1 atom stereocenters. The molecule has 0 aliphatic carbocycles. The van der Waals surface area contributed by atoms with Crippen molar-refractivity contribution in [1.82, 2.24) is 9.88 Å². The number of nitriles is 1. The highest BCUT2D eigenvalue weighted by Crippen LogP contribution is 2.36. The van der Waals surface area contributed by atoms with Gasteiger partial charge in [-0.1, -0.05) is 6.07 Å². The topological polar surface area (TPSA) is 94.3 Å². The summed E-state index contributed by atoms with van der Waals surface area (Å²) >= 11 is 0. The average molecular weight is 257 g/mol. The van der Waals surface area contributed by atoms with Crippen molar-refractivity contribution in [2.75, 3.05) is 6.54 Å². The predicted octanol–water partition coefficient (Wildman–Crippen LogP) is 0.890. The summed E-state index contributed by atoms with van der Waals surface area (Å²) in [6.45, 7) is 1.07. The highest BCUT2D eigenvalue weighted by Gasteiger charge is 2.42. The van der Waals surface area contributed by atoms with Gasteiger partial charge in [-0.25, -0.2) is 0 Å². The van der Waals surface area contributed by atoms with Crippen LogP contribution in [0, 0.1) is 11.3 Å². The molecule has 6 nitrogen and oxygen atoms in total. The van der Waals surface area contributed by atoms with E-state index in [0.29, 0.717) is 5.56 Å². The molecule has 0 bridgehead atoms. The first kappa shape index (κ1) is 12.8. The number of pyridine rings is 1. The molecule has 0 fully saturated rings. The first-order chi connectivity index (χ1) is 9.07. The summed E-state index contributed by atoms with van der Waals surface area (Å²) in [5.41, 5.74) is 0.591. The van der Waals surface area contributed by atoms with Gasteiger partial charge in [0.05, 0.1) is 17.7 Å². The summed E-state index contributed by atoms with van der Waals surface area (Å²) in [7, 11) is 0. The minimum Gasteiger partial charge on any atom is -0.503 e. The van der Waals surface area contributed by atoms with Crippen LogP contribution in [0.4, 0.5) is 0 Å². The molecule has 0 unspecified atom stereocenters. The van der Waals surface area contributed by atoms with Gasteiger partial charge in [-0.2, -0.15) is 5.26 Å². The Balaban J connectivity index is 2.55. The number of rotatable bonds is 3. The second kappa shape index (κ2) is 4.90. The van der Waals surface area contributed by atoms with E-state index in [9.17, 15) is 14.7 Å². The van der Waals surface area contributed by atoms with Gasteiger partial charge in [0.2, 0.25) is 0 Å². The fraction of sp³-hybridized carbons (Fsp3) is 0.231. The van der Waals surface area contributed by atoms with Crippen molar-refractivity contribution < 1.29 is 14.7 Å². The van der Waals surface area contributed by atoms with Gasteiger partial charge >= 0.3 is 0 Å². The molecular weight excluding hydrogens is 246 g/mol. The van der Waals surface area contributed by atoms with E-state index >= 15 is 0 Å². The van der Waals surface area contributed by atoms with Crippen LogP contribution in [-0.2, 0) is 9.59 Å². The van der Waals surface area contributed by atoms with Gasteiger partial charge in [-0.15, -0.1) is 0 Å². The fourth-order valence-electron chi connectivity index (χ4n) is 2.14. The highest BCUT2D eigenvalue weighted by atomic mass is 16.3. The summed E-state index contributed by atoms with van der Waals surface area (Å²) in [4.78, 5) is 28.6. The maximum atomic E-state index is 11.9. The molecule has 2 heterocycles. The zero-order valence-corrected chi connectivity index (χ0v) is 10.2. The maximum absolute atomic E-state index is 11.9. The lowest BCUT2D eigenvalue weighted by Crippen LogP contribution is -2.31. The number of carbonyl (C=O) groups is 2. The normalized spacial score (nSPS) is 18.6. The van der Waals surface area contributed by atoms with E-state index in [4.69, 9.17) is 5.26 Å². The molecule has 0 saturated heterocycles. The summed E-state index contributed by atoms with van der Waals surface area (Å²) in [6, 6.07) is 4.46. The van der Waals surface area contributed by atoms with Crippen LogP contribution in [0.2, 0.25) is 0 Å². The molecule has 6 heteroatoms. The van der Waals surface area contributed by atoms with Gasteiger partial charge in [-0.05, 0) is 18.6 Å². The summed E-state index contributed by atoms with van der Waals surface area (Å²) in [5, 5.41) is 18.6. The standard InChI is InChI=1S/C13H11N3O3/c1-8(17)10-11(9-3-2-5-15-7-9)16(6-4-14)13(19)12(10)18/h2-3,5,7,11,18H,6H2,1H3/t11-/m0/s1. The van der Waals surface area contributed by atoms with E-state index in [1.165, 1.54) is 13.1 Å². The molecule has 1 N–H and O–H groups in total. The van der Waals surface area contributed by atoms with Crippen molar-refractivity contribution in [2.45, 2.75) is 13.0 Å². The van der Waals surface area contributed by atoms with Crippen molar-refractivity contribution in [2.24, 2.45) is 0 Å². The SMILES string of the molecule is CC(=O)C1=C(O)C(=O)N(CC#N)[C@H]1c1cccnc1. The van der Waals surface area contributed by atoms with Crippen LogP contribution in [0.25, 0.3) is 0 Å². The number of carbonyl (C=O) groups excluding carboxylic acids is 2. The van der Waals surface area contributed by atoms with Gasteiger partial charge in [0.15, 0.2) is 11.5 Å². The average Bonchev–Trinajstić information content (AvgIpc) is 2.65. The lowest BCUT2D eigenvalue weighted by Gasteiger charge is -2.23. The van der Waals surface area contributed by atoms with Crippen molar-refractivity contribution in [1.29, 1.82) is 5.26 Å². The molecule has 1 aromatic rings. The molecule has 0 spiro atoms. The number of amides is 1. The lowest BCUT2D eigenvalue weighted by molar-refractivity contribution is -0.128. The Morgan fingerprint density at radius 3 is 2.89 bits per heavy atom. The Morgan fingerprint density at radius 1 is 1.63 bits per heavy atom. The Kier molecular flexibility index (Phi) is 3.29. The van der Waals surface area contributed by atoms with Crippen molar-refractivity contribution in [3.05, 3.63) is 41.4 Å². The molecule has 19 heavy (non-hydrogen) atoms. The summed E-state index contributed by atoms with van der Waals surface area (Å²) in [6.07, 6.45) is 3.07. The Labute approximate surface area is 109 Å². The smallest absolute Gasteiger partial charge is 0.290 e. The molecule has 0 aromatic carbocycles. The molecule has 0 saturated carbocycles. The number of ketones is 1. The Hall–Kier alpha value is -2.68. The van der Waals surface area contributed by atoms with Gasteiger partial charge in [0, 0.05) is 12.4 Å². The van der Waals surface area contributed by atoms with E-state index < -0.39 is 23.5 Å². The fourth-order valence-corrected chi connectivity index (χ4v) is 2.14. The highest BCUT2D eigenvalue weighted by molar-refractivity contribution is 6.08. The third-order valence-electron chi connectivity index (χ3n) is 2.92. The van der Waals surface area contributed by atoms with Crippen molar-refractivity contribution in [3.8, 4) is 6.07 Å². The zero-order chi connectivity index (χ0) is 14.0. The van der Waals surface area contributed by atoms with Gasteiger partial charge in [0.1, 0.15) is 6.54 Å². The molecular formula is C13H11N3O3. The number of aliphatic hydroxyl groups is 1. The molecule has 96 valence electrons. The monoisotopic (exact) mass is 257 g/mol. The third kappa shape index (κ3) is 2.06. The van der Waals surface area contributed by atoms with E-state index in [0.717, 1.165) is 4.90 Å². The molecule has 1 aliphatic heterocycles. The van der Waals surface area contributed by atoms with Crippen LogP contribution in [0.3, 0.4) is 0 Å². The Morgan fingerprint density at radius 2 is 2.37 bits per heavy atom. The molecule has 0 radical (unpaired) electrons. The van der Waals surface area contributed by atoms with Gasteiger partial charge in [0.25, 0.3) is 5.91 Å². The van der Waals surface area contributed by atoms with Crippen molar-refractivity contribution in [3.63, 3.8) is 0 Å². The van der Waals surface area contributed by atoms with Gasteiger partial charge in [-0.3, -0.25) is 14.6 Å². The minimum absolute atomic E-state index is 0.00764. The maximum Gasteiger partial charge on any atom is 0.290 e. The Bertz CT molecular complexity index is 601. The van der Waals surface area contributed by atoms with Crippen LogP contribution >= 0.6 is 0 Å². The van der Waals surface area contributed by atoms with Crippen LogP contribution in [0.5, 0.6) is 0 Å². The largest absolute Gasteiger partial charge is 0.503 e. The lowest BCUT2D eigenvalue weighted by atomic mass is 9.98. The van der Waals surface area contributed by atoms with E-state index in [1.54, 1.807) is 18.3 Å². The molecule has 1 amide bonds. The van der Waals surface area contributed by atoms with Crippen molar-refractivity contribution >= 4 is 11.7 Å². The van der Waals surface area contributed by atoms with Gasteiger partial charge < -0.3 is 10.0 Å². The predicted molar refractivity (Wildman–Crippen MR) is 64.6 cm³/mol. The first-order valence-corrected chi connectivity index (χ1v) is 5.59. The van der Waals surface area contributed by atoms with E-state index in [1.807, 2.05) is 6.07 Å².